The van der Waals surface area contributed by atoms with Gasteiger partial charge in [0, 0.05) is 5.92 Å². The number of carbonyl (C=O) groups is 1. The molecule has 1 atom stereocenters. The minimum atomic E-state index is 0.0925. The zero-order valence-corrected chi connectivity index (χ0v) is 12.4. The number of para-hydroxylation sites is 1. The van der Waals surface area contributed by atoms with Gasteiger partial charge in [-0.1, -0.05) is 19.1 Å². The Balaban J connectivity index is 1.70. The van der Waals surface area contributed by atoms with E-state index >= 15 is 0 Å². The van der Waals surface area contributed by atoms with Crippen molar-refractivity contribution in [2.75, 3.05) is 11.1 Å². The largest absolute Gasteiger partial charge is 0.397 e. The number of carbonyl (C=O) groups excluding carboxylic acids is 1. The van der Waals surface area contributed by atoms with Gasteiger partial charge >= 0.3 is 0 Å². The molecule has 1 aromatic rings. The summed E-state index contributed by atoms with van der Waals surface area (Å²) in [5.41, 5.74) is 8.49. The highest BCUT2D eigenvalue weighted by Crippen LogP contribution is 2.52. The maximum Gasteiger partial charge on any atom is 0.227 e. The summed E-state index contributed by atoms with van der Waals surface area (Å²) in [6, 6.07) is 5.78. The van der Waals surface area contributed by atoms with Crippen LogP contribution in [-0.4, -0.2) is 5.91 Å². The van der Waals surface area contributed by atoms with Crippen LogP contribution in [0.2, 0.25) is 0 Å². The number of hydrogen-bond acceptors (Lipinski definition) is 2. The molecule has 3 N–H and O–H groups in total. The van der Waals surface area contributed by atoms with Crippen molar-refractivity contribution in [3.05, 3.63) is 23.8 Å². The fourth-order valence-corrected chi connectivity index (χ4v) is 3.37. The summed E-state index contributed by atoms with van der Waals surface area (Å²) in [6.45, 7) is 4.05. The molecule has 1 amide bonds. The van der Waals surface area contributed by atoms with Crippen molar-refractivity contribution in [2.45, 2.75) is 39.5 Å². The summed E-state index contributed by atoms with van der Waals surface area (Å²) < 4.78 is 0. The van der Waals surface area contributed by atoms with Crippen LogP contribution in [0.3, 0.4) is 0 Å². The van der Waals surface area contributed by atoms with Crippen molar-refractivity contribution in [3.63, 3.8) is 0 Å². The van der Waals surface area contributed by atoms with E-state index in [-0.39, 0.29) is 11.8 Å². The number of hydrogen-bond donors (Lipinski definition) is 2. The van der Waals surface area contributed by atoms with E-state index in [1.54, 1.807) is 0 Å². The Labute approximate surface area is 120 Å². The monoisotopic (exact) mass is 272 g/mol. The van der Waals surface area contributed by atoms with Gasteiger partial charge in [-0.2, -0.15) is 0 Å². The standard InChI is InChI=1S/C17H24N2O/c1-10-4-3-5-14(16(10)18)19-17(20)11(2)15(12-6-7-12)13-8-9-13/h3-5,11-13,15H,6-9,18H2,1-2H3,(H,19,20). The number of anilines is 2. The third-order valence-corrected chi connectivity index (χ3v) is 4.91. The smallest absolute Gasteiger partial charge is 0.227 e. The van der Waals surface area contributed by atoms with Gasteiger partial charge in [0.15, 0.2) is 0 Å². The molecular weight excluding hydrogens is 248 g/mol. The molecule has 3 heteroatoms. The van der Waals surface area contributed by atoms with Gasteiger partial charge in [-0.3, -0.25) is 4.79 Å². The third-order valence-electron chi connectivity index (χ3n) is 4.91. The summed E-state index contributed by atoms with van der Waals surface area (Å²) in [4.78, 5) is 12.5. The lowest BCUT2D eigenvalue weighted by Crippen LogP contribution is -2.29. The topological polar surface area (TPSA) is 55.1 Å². The summed E-state index contributed by atoms with van der Waals surface area (Å²) in [7, 11) is 0. The van der Waals surface area contributed by atoms with E-state index in [1.807, 2.05) is 25.1 Å². The van der Waals surface area contributed by atoms with Crippen LogP contribution in [0.1, 0.15) is 38.2 Å². The molecule has 3 nitrogen and oxygen atoms in total. The molecule has 2 aliphatic carbocycles. The van der Waals surface area contributed by atoms with E-state index in [2.05, 4.69) is 12.2 Å². The number of rotatable bonds is 5. The zero-order valence-electron chi connectivity index (χ0n) is 12.4. The predicted octanol–water partition coefficient (Wildman–Crippen LogP) is 3.59. The minimum absolute atomic E-state index is 0.0925. The van der Waals surface area contributed by atoms with Crippen molar-refractivity contribution < 1.29 is 4.79 Å². The van der Waals surface area contributed by atoms with Crippen molar-refractivity contribution in [3.8, 4) is 0 Å². The normalized spacial score (nSPS) is 19.9. The Morgan fingerprint density at radius 2 is 1.85 bits per heavy atom. The van der Waals surface area contributed by atoms with E-state index < -0.39 is 0 Å². The molecule has 2 saturated carbocycles. The third kappa shape index (κ3) is 2.67. The number of nitrogens with one attached hydrogen (secondary N) is 1. The first-order chi connectivity index (χ1) is 9.58. The molecule has 1 unspecified atom stereocenters. The first-order valence-corrected chi connectivity index (χ1v) is 7.74. The van der Waals surface area contributed by atoms with Crippen molar-refractivity contribution >= 4 is 17.3 Å². The first-order valence-electron chi connectivity index (χ1n) is 7.74. The lowest BCUT2D eigenvalue weighted by Gasteiger charge is -2.23. The van der Waals surface area contributed by atoms with Crippen molar-refractivity contribution in [2.24, 2.45) is 23.7 Å². The molecule has 0 aromatic heterocycles. The van der Waals surface area contributed by atoms with Crippen LogP contribution in [0.5, 0.6) is 0 Å². The number of aryl methyl sites for hydroxylation is 1. The van der Waals surface area contributed by atoms with Crippen LogP contribution in [0.15, 0.2) is 18.2 Å². The van der Waals surface area contributed by atoms with Gasteiger partial charge < -0.3 is 11.1 Å². The second kappa shape index (κ2) is 5.12. The molecule has 2 fully saturated rings. The number of amides is 1. The highest BCUT2D eigenvalue weighted by atomic mass is 16.1. The molecule has 0 spiro atoms. The molecule has 0 heterocycles. The van der Waals surface area contributed by atoms with Gasteiger partial charge in [0.05, 0.1) is 11.4 Å². The number of benzene rings is 1. The molecule has 2 aliphatic rings. The van der Waals surface area contributed by atoms with Gasteiger partial charge in [-0.25, -0.2) is 0 Å². The predicted molar refractivity (Wildman–Crippen MR) is 82.3 cm³/mol. The average molecular weight is 272 g/mol. The zero-order chi connectivity index (χ0) is 14.3. The Morgan fingerprint density at radius 3 is 2.40 bits per heavy atom. The lowest BCUT2D eigenvalue weighted by molar-refractivity contribution is -0.121. The van der Waals surface area contributed by atoms with E-state index in [0.717, 1.165) is 23.1 Å². The van der Waals surface area contributed by atoms with Gasteiger partial charge in [-0.15, -0.1) is 0 Å². The number of nitrogens with two attached hydrogens (primary N) is 1. The van der Waals surface area contributed by atoms with Crippen LogP contribution in [0, 0.1) is 30.6 Å². The second-order valence-corrected chi connectivity index (χ2v) is 6.57. The fraction of sp³-hybridized carbons (Fsp3) is 0.588. The highest BCUT2D eigenvalue weighted by molar-refractivity contribution is 5.95. The van der Waals surface area contributed by atoms with E-state index in [1.165, 1.54) is 25.7 Å². The highest BCUT2D eigenvalue weighted by Gasteiger charge is 2.45. The average Bonchev–Trinajstić information content (AvgIpc) is 3.28. The van der Waals surface area contributed by atoms with Crippen LogP contribution in [-0.2, 0) is 4.79 Å². The van der Waals surface area contributed by atoms with Crippen LogP contribution < -0.4 is 11.1 Å². The van der Waals surface area contributed by atoms with Gasteiger partial charge in [0.2, 0.25) is 5.91 Å². The molecule has 3 rings (SSSR count). The molecule has 0 aliphatic heterocycles. The molecule has 0 radical (unpaired) electrons. The summed E-state index contributed by atoms with van der Waals surface area (Å²) in [5, 5.41) is 3.03. The Morgan fingerprint density at radius 1 is 1.25 bits per heavy atom. The van der Waals surface area contributed by atoms with Crippen molar-refractivity contribution in [1.29, 1.82) is 0 Å². The maximum absolute atomic E-state index is 12.5. The van der Waals surface area contributed by atoms with Crippen LogP contribution in [0.25, 0.3) is 0 Å². The molecular formula is C17H24N2O. The van der Waals surface area contributed by atoms with E-state index in [9.17, 15) is 4.79 Å². The second-order valence-electron chi connectivity index (χ2n) is 6.57. The molecule has 0 saturated heterocycles. The van der Waals surface area contributed by atoms with Gasteiger partial charge in [-0.05, 0) is 62.0 Å². The molecule has 108 valence electrons. The molecule has 1 aromatic carbocycles. The number of nitrogen functional groups attached to an aromatic ring is 1. The van der Waals surface area contributed by atoms with Crippen LogP contribution in [0.4, 0.5) is 11.4 Å². The Kier molecular flexibility index (Phi) is 3.45. The van der Waals surface area contributed by atoms with Gasteiger partial charge in [0.1, 0.15) is 0 Å². The quantitative estimate of drug-likeness (QED) is 0.805. The first kappa shape index (κ1) is 13.5. The Bertz CT molecular complexity index is 506. The minimum Gasteiger partial charge on any atom is -0.397 e. The van der Waals surface area contributed by atoms with E-state index in [4.69, 9.17) is 5.73 Å². The lowest BCUT2D eigenvalue weighted by atomic mass is 9.84. The SMILES string of the molecule is Cc1cccc(NC(=O)C(C)C(C2CC2)C2CC2)c1N. The van der Waals surface area contributed by atoms with E-state index in [0.29, 0.717) is 11.6 Å². The maximum atomic E-state index is 12.5. The summed E-state index contributed by atoms with van der Waals surface area (Å²) >= 11 is 0. The summed E-state index contributed by atoms with van der Waals surface area (Å²) in [6.07, 6.45) is 5.24. The molecule has 20 heavy (non-hydrogen) atoms. The van der Waals surface area contributed by atoms with Crippen LogP contribution >= 0.6 is 0 Å². The summed E-state index contributed by atoms with van der Waals surface area (Å²) in [5.74, 6) is 2.39. The Hall–Kier alpha value is -1.51. The van der Waals surface area contributed by atoms with Crippen molar-refractivity contribution in [1.82, 2.24) is 0 Å². The fourth-order valence-electron chi connectivity index (χ4n) is 3.37. The molecule has 0 bridgehead atoms. The van der Waals surface area contributed by atoms with Gasteiger partial charge in [0.25, 0.3) is 0 Å².